The van der Waals surface area contributed by atoms with Crippen LogP contribution in [0.4, 0.5) is 17.1 Å². The Bertz CT molecular complexity index is 1260. The van der Waals surface area contributed by atoms with E-state index in [1.165, 1.54) is 54.0 Å². The maximum absolute atomic E-state index is 13.2. The van der Waals surface area contributed by atoms with Gasteiger partial charge in [-0.2, -0.15) is 0 Å². The van der Waals surface area contributed by atoms with Crippen LogP contribution in [0.5, 0.6) is 0 Å². The molecule has 1 fully saturated rings. The predicted octanol–water partition coefficient (Wildman–Crippen LogP) is 5.72. The minimum absolute atomic E-state index is 0.152. The zero-order valence-electron chi connectivity index (χ0n) is 19.1. The number of hydrogen-bond acceptors (Lipinski definition) is 5. The van der Waals surface area contributed by atoms with Crippen molar-refractivity contribution in [2.45, 2.75) is 44.9 Å². The first-order chi connectivity index (χ1) is 15.8. The lowest BCUT2D eigenvalue weighted by Crippen LogP contribution is -2.31. The summed E-state index contributed by atoms with van der Waals surface area (Å²) in [6.07, 6.45) is 3.60. The van der Waals surface area contributed by atoms with E-state index in [9.17, 15) is 13.2 Å². The lowest BCUT2D eigenvalue weighted by Gasteiger charge is -2.33. The highest BCUT2D eigenvalue weighted by atomic mass is 32.2. The SMILES string of the molecule is Cc1cc(C)c(N2CCCCC2)c(C)c1NC(=O)c1sccc1NS(=O)(=O)c1ccccc1. The van der Waals surface area contributed by atoms with Crippen molar-refractivity contribution in [2.24, 2.45) is 0 Å². The second kappa shape index (κ2) is 9.57. The molecule has 1 aliphatic heterocycles. The van der Waals surface area contributed by atoms with Crippen LogP contribution in [0.2, 0.25) is 0 Å². The van der Waals surface area contributed by atoms with Crippen LogP contribution in [-0.2, 0) is 10.0 Å². The fourth-order valence-electron chi connectivity index (χ4n) is 4.51. The molecule has 1 amide bonds. The quantitative estimate of drug-likeness (QED) is 0.470. The van der Waals surface area contributed by atoms with Gasteiger partial charge in [-0.1, -0.05) is 24.3 Å². The monoisotopic (exact) mass is 483 g/mol. The Kier molecular flexibility index (Phi) is 6.76. The molecule has 2 N–H and O–H groups in total. The topological polar surface area (TPSA) is 78.5 Å². The van der Waals surface area contributed by atoms with Crippen molar-refractivity contribution in [3.8, 4) is 0 Å². The number of aryl methyl sites for hydroxylation is 2. The maximum Gasteiger partial charge on any atom is 0.267 e. The van der Waals surface area contributed by atoms with Crippen LogP contribution in [0.3, 0.4) is 0 Å². The first-order valence-electron chi connectivity index (χ1n) is 11.1. The van der Waals surface area contributed by atoms with Gasteiger partial charge in [0.1, 0.15) is 4.88 Å². The van der Waals surface area contributed by atoms with Crippen molar-refractivity contribution >= 4 is 44.3 Å². The zero-order chi connectivity index (χ0) is 23.6. The number of carbonyl (C=O) groups excluding carboxylic acids is 1. The van der Waals surface area contributed by atoms with E-state index in [1.54, 1.807) is 29.6 Å². The molecule has 2 heterocycles. The number of sulfonamides is 1. The van der Waals surface area contributed by atoms with E-state index in [0.717, 1.165) is 29.9 Å². The molecular weight excluding hydrogens is 454 g/mol. The molecule has 0 aliphatic carbocycles. The van der Waals surface area contributed by atoms with Crippen LogP contribution in [-0.4, -0.2) is 27.4 Å². The highest BCUT2D eigenvalue weighted by Crippen LogP contribution is 2.36. The van der Waals surface area contributed by atoms with Gasteiger partial charge in [0.25, 0.3) is 15.9 Å². The fourth-order valence-corrected chi connectivity index (χ4v) is 6.41. The van der Waals surface area contributed by atoms with Crippen molar-refractivity contribution in [1.29, 1.82) is 0 Å². The molecule has 1 saturated heterocycles. The number of thiophene rings is 1. The fraction of sp³-hybridized carbons (Fsp3) is 0.320. The molecule has 174 valence electrons. The Morgan fingerprint density at radius 1 is 0.970 bits per heavy atom. The van der Waals surface area contributed by atoms with Gasteiger partial charge in [-0.15, -0.1) is 11.3 Å². The summed E-state index contributed by atoms with van der Waals surface area (Å²) in [5, 5.41) is 4.78. The first kappa shape index (κ1) is 23.3. The van der Waals surface area contributed by atoms with Gasteiger partial charge >= 0.3 is 0 Å². The average molecular weight is 484 g/mol. The van der Waals surface area contributed by atoms with Crippen molar-refractivity contribution < 1.29 is 13.2 Å². The third kappa shape index (κ3) is 4.91. The number of nitrogens with one attached hydrogen (secondary N) is 2. The van der Waals surface area contributed by atoms with Crippen molar-refractivity contribution in [3.63, 3.8) is 0 Å². The average Bonchev–Trinajstić information content (AvgIpc) is 3.25. The molecule has 3 aromatic rings. The van der Waals surface area contributed by atoms with Gasteiger partial charge < -0.3 is 10.2 Å². The Labute approximate surface area is 199 Å². The van der Waals surface area contributed by atoms with Crippen molar-refractivity contribution in [1.82, 2.24) is 0 Å². The van der Waals surface area contributed by atoms with Gasteiger partial charge in [-0.3, -0.25) is 9.52 Å². The van der Waals surface area contributed by atoms with E-state index in [2.05, 4.69) is 27.9 Å². The molecule has 6 nitrogen and oxygen atoms in total. The lowest BCUT2D eigenvalue weighted by atomic mass is 9.99. The smallest absolute Gasteiger partial charge is 0.267 e. The maximum atomic E-state index is 13.2. The number of anilines is 3. The molecule has 0 unspecified atom stereocenters. The van der Waals surface area contributed by atoms with E-state index in [-0.39, 0.29) is 16.5 Å². The number of carbonyl (C=O) groups is 1. The van der Waals surface area contributed by atoms with Crippen molar-refractivity contribution in [3.05, 3.63) is 69.4 Å². The van der Waals surface area contributed by atoms with Gasteiger partial charge in [-0.25, -0.2) is 8.42 Å². The van der Waals surface area contributed by atoms with Crippen LogP contribution >= 0.6 is 11.3 Å². The van der Waals surface area contributed by atoms with E-state index in [4.69, 9.17) is 0 Å². The molecule has 0 atom stereocenters. The second-order valence-electron chi connectivity index (χ2n) is 8.44. The zero-order valence-corrected chi connectivity index (χ0v) is 20.8. The van der Waals surface area contributed by atoms with Gasteiger partial charge in [-0.05, 0) is 80.3 Å². The highest BCUT2D eigenvalue weighted by molar-refractivity contribution is 7.92. The molecule has 4 rings (SSSR count). The summed E-state index contributed by atoms with van der Waals surface area (Å²) in [4.78, 5) is 16.1. The number of rotatable bonds is 6. The summed E-state index contributed by atoms with van der Waals surface area (Å²) in [5.74, 6) is -0.324. The Morgan fingerprint density at radius 3 is 2.36 bits per heavy atom. The summed E-state index contributed by atoms with van der Waals surface area (Å²) in [6, 6.07) is 11.9. The Hall–Kier alpha value is -2.84. The van der Waals surface area contributed by atoms with Gasteiger partial charge in [0.15, 0.2) is 0 Å². The van der Waals surface area contributed by atoms with Crippen LogP contribution in [0.15, 0.2) is 52.7 Å². The van der Waals surface area contributed by atoms with Gasteiger partial charge in [0, 0.05) is 24.5 Å². The van der Waals surface area contributed by atoms with Crippen LogP contribution < -0.4 is 14.9 Å². The molecule has 8 heteroatoms. The molecule has 1 aliphatic rings. The predicted molar refractivity (Wildman–Crippen MR) is 136 cm³/mol. The minimum Gasteiger partial charge on any atom is -0.371 e. The molecule has 0 bridgehead atoms. The van der Waals surface area contributed by atoms with Gasteiger partial charge in [0.05, 0.1) is 10.6 Å². The standard InChI is InChI=1S/C25H29N3O3S2/c1-17-16-18(2)23(28-13-8-5-9-14-28)19(3)22(17)26-25(29)24-21(12-15-32-24)27-33(30,31)20-10-6-4-7-11-20/h4,6-7,10-12,15-16,27H,5,8-9,13-14H2,1-3H3,(H,26,29). The number of amides is 1. The summed E-state index contributed by atoms with van der Waals surface area (Å²) >= 11 is 1.21. The summed E-state index contributed by atoms with van der Waals surface area (Å²) in [5.41, 5.74) is 5.49. The van der Waals surface area contributed by atoms with E-state index >= 15 is 0 Å². The second-order valence-corrected chi connectivity index (χ2v) is 11.0. The number of hydrogen-bond donors (Lipinski definition) is 2. The van der Waals surface area contributed by atoms with Crippen LogP contribution in [0.1, 0.15) is 45.6 Å². The highest BCUT2D eigenvalue weighted by Gasteiger charge is 2.23. The van der Waals surface area contributed by atoms with E-state index in [0.29, 0.717) is 4.88 Å². The molecule has 0 spiro atoms. The van der Waals surface area contributed by atoms with Crippen LogP contribution in [0, 0.1) is 20.8 Å². The largest absolute Gasteiger partial charge is 0.371 e. The molecule has 33 heavy (non-hydrogen) atoms. The normalized spacial score (nSPS) is 14.2. The van der Waals surface area contributed by atoms with Crippen LogP contribution in [0.25, 0.3) is 0 Å². The molecule has 2 aromatic carbocycles. The number of nitrogens with zero attached hydrogens (tertiary/aromatic N) is 1. The van der Waals surface area contributed by atoms with Gasteiger partial charge in [0.2, 0.25) is 0 Å². The van der Waals surface area contributed by atoms with E-state index < -0.39 is 10.0 Å². The number of benzene rings is 2. The number of piperidine rings is 1. The minimum atomic E-state index is -3.79. The van der Waals surface area contributed by atoms with Crippen molar-refractivity contribution in [2.75, 3.05) is 28.0 Å². The first-order valence-corrected chi connectivity index (χ1v) is 13.5. The third-order valence-corrected chi connectivity index (χ3v) is 8.31. The summed E-state index contributed by atoms with van der Waals surface area (Å²) in [7, 11) is -3.79. The molecular formula is C25H29N3O3S2. The summed E-state index contributed by atoms with van der Waals surface area (Å²) in [6.45, 7) is 8.20. The lowest BCUT2D eigenvalue weighted by molar-refractivity contribution is 0.103. The third-order valence-electron chi connectivity index (χ3n) is 6.01. The Morgan fingerprint density at radius 2 is 1.67 bits per heavy atom. The Balaban J connectivity index is 1.61. The molecule has 1 aromatic heterocycles. The molecule has 0 radical (unpaired) electrons. The van der Waals surface area contributed by atoms with E-state index in [1.807, 2.05) is 13.8 Å². The molecule has 0 saturated carbocycles. The summed E-state index contributed by atoms with van der Waals surface area (Å²) < 4.78 is 28.1.